The maximum atomic E-state index is 12.1. The molecule has 6 nitrogen and oxygen atoms in total. The molecule has 0 amide bonds. The van der Waals surface area contributed by atoms with Gasteiger partial charge in [-0.15, -0.1) is 0 Å². The highest BCUT2D eigenvalue weighted by Crippen LogP contribution is 2.33. The van der Waals surface area contributed by atoms with Crippen LogP contribution in [0, 0.1) is 0 Å². The molecule has 4 rings (SSSR count). The molecule has 1 saturated heterocycles. The number of ether oxygens (including phenoxy) is 3. The van der Waals surface area contributed by atoms with Crippen LogP contribution in [-0.2, 0) is 9.47 Å². The fourth-order valence-electron chi connectivity index (χ4n) is 3.82. The summed E-state index contributed by atoms with van der Waals surface area (Å²) in [5.41, 5.74) is 2.61. The SMILES string of the molecule is CC(C)=CCC/C(C)=C\[C@H]1O[C@@H](COc2cc(=O)oc3cc4occc4cc23)C(C)(C)O1. The molecule has 0 unspecified atom stereocenters. The minimum Gasteiger partial charge on any atom is -0.490 e. The summed E-state index contributed by atoms with van der Waals surface area (Å²) in [4.78, 5) is 12.1. The molecule has 1 aliphatic heterocycles. The van der Waals surface area contributed by atoms with Gasteiger partial charge in [0.25, 0.3) is 0 Å². The normalized spacial score (nSPS) is 20.7. The van der Waals surface area contributed by atoms with Gasteiger partial charge in [0.05, 0.1) is 23.3 Å². The lowest BCUT2D eigenvalue weighted by Crippen LogP contribution is -2.37. The van der Waals surface area contributed by atoms with Crippen molar-refractivity contribution in [1.82, 2.24) is 0 Å². The zero-order chi connectivity index (χ0) is 22.9. The quantitative estimate of drug-likeness (QED) is 0.326. The molecule has 3 aromatic rings. The van der Waals surface area contributed by atoms with Crippen molar-refractivity contribution in [1.29, 1.82) is 0 Å². The molecule has 1 aliphatic rings. The van der Waals surface area contributed by atoms with Gasteiger partial charge in [0, 0.05) is 11.5 Å². The molecule has 2 aromatic heterocycles. The molecule has 0 bridgehead atoms. The van der Waals surface area contributed by atoms with Crippen molar-refractivity contribution < 1.29 is 23.0 Å². The number of hydrogen-bond acceptors (Lipinski definition) is 6. The first-order chi connectivity index (χ1) is 15.2. The highest BCUT2D eigenvalue weighted by Gasteiger charge is 2.42. The van der Waals surface area contributed by atoms with E-state index in [-0.39, 0.29) is 12.7 Å². The molecule has 0 aliphatic carbocycles. The number of hydrogen-bond donors (Lipinski definition) is 0. The molecule has 32 heavy (non-hydrogen) atoms. The first-order valence-electron chi connectivity index (χ1n) is 10.9. The highest BCUT2D eigenvalue weighted by atomic mass is 16.7. The summed E-state index contributed by atoms with van der Waals surface area (Å²) >= 11 is 0. The average molecular weight is 439 g/mol. The van der Waals surface area contributed by atoms with E-state index in [0.717, 1.165) is 18.2 Å². The van der Waals surface area contributed by atoms with E-state index in [1.807, 2.05) is 32.1 Å². The second-order valence-corrected chi connectivity index (χ2v) is 9.10. The fourth-order valence-corrected chi connectivity index (χ4v) is 3.82. The van der Waals surface area contributed by atoms with Crippen LogP contribution in [0.15, 0.2) is 67.5 Å². The van der Waals surface area contributed by atoms with Crippen molar-refractivity contribution in [2.24, 2.45) is 0 Å². The second-order valence-electron chi connectivity index (χ2n) is 9.10. The molecule has 1 fully saturated rings. The van der Waals surface area contributed by atoms with E-state index >= 15 is 0 Å². The van der Waals surface area contributed by atoms with Crippen LogP contribution in [0.5, 0.6) is 5.75 Å². The third-order valence-electron chi connectivity index (χ3n) is 5.68. The lowest BCUT2D eigenvalue weighted by Gasteiger charge is -2.23. The largest absolute Gasteiger partial charge is 0.490 e. The number of fused-ring (bicyclic) bond motifs is 2. The Hall–Kier alpha value is -2.83. The van der Waals surface area contributed by atoms with Crippen LogP contribution < -0.4 is 10.4 Å². The van der Waals surface area contributed by atoms with Gasteiger partial charge in [0.2, 0.25) is 0 Å². The molecule has 0 saturated carbocycles. The summed E-state index contributed by atoms with van der Waals surface area (Å²) in [6, 6.07) is 6.82. The van der Waals surface area contributed by atoms with E-state index in [1.165, 1.54) is 17.2 Å². The summed E-state index contributed by atoms with van der Waals surface area (Å²) < 4.78 is 29.1. The van der Waals surface area contributed by atoms with Crippen LogP contribution in [-0.4, -0.2) is 24.6 Å². The van der Waals surface area contributed by atoms with Crippen molar-refractivity contribution in [3.8, 4) is 5.75 Å². The second kappa shape index (κ2) is 8.96. The number of rotatable bonds is 7. The van der Waals surface area contributed by atoms with Crippen molar-refractivity contribution >= 4 is 21.9 Å². The van der Waals surface area contributed by atoms with Gasteiger partial charge < -0.3 is 23.0 Å². The lowest BCUT2D eigenvalue weighted by atomic mass is 10.0. The molecule has 2 atom stereocenters. The molecule has 6 heteroatoms. The molecule has 1 aromatic carbocycles. The minimum absolute atomic E-state index is 0.246. The van der Waals surface area contributed by atoms with Gasteiger partial charge >= 0.3 is 5.63 Å². The number of allylic oxidation sites excluding steroid dienone is 3. The van der Waals surface area contributed by atoms with E-state index in [0.29, 0.717) is 22.3 Å². The van der Waals surface area contributed by atoms with Crippen LogP contribution in [0.25, 0.3) is 21.9 Å². The Morgan fingerprint density at radius 1 is 1.16 bits per heavy atom. The molecule has 0 N–H and O–H groups in total. The van der Waals surface area contributed by atoms with Crippen molar-refractivity contribution in [2.75, 3.05) is 6.61 Å². The molecular weight excluding hydrogens is 408 g/mol. The van der Waals surface area contributed by atoms with E-state index in [9.17, 15) is 4.79 Å². The Morgan fingerprint density at radius 2 is 1.97 bits per heavy atom. The summed E-state index contributed by atoms with van der Waals surface area (Å²) in [6.07, 6.45) is 7.10. The zero-order valence-electron chi connectivity index (χ0n) is 19.3. The Bertz CT molecular complexity index is 1220. The van der Waals surface area contributed by atoms with E-state index in [2.05, 4.69) is 26.8 Å². The van der Waals surface area contributed by atoms with Gasteiger partial charge in [-0.3, -0.25) is 0 Å². The fraction of sp³-hybridized carbons (Fsp3) is 0.423. The van der Waals surface area contributed by atoms with Crippen LogP contribution in [0.3, 0.4) is 0 Å². The summed E-state index contributed by atoms with van der Waals surface area (Å²) in [6.45, 7) is 10.5. The van der Waals surface area contributed by atoms with E-state index in [1.54, 1.807) is 12.3 Å². The maximum absolute atomic E-state index is 12.1. The molecule has 170 valence electrons. The van der Waals surface area contributed by atoms with Crippen LogP contribution >= 0.6 is 0 Å². The third kappa shape index (κ3) is 4.97. The van der Waals surface area contributed by atoms with E-state index < -0.39 is 17.5 Å². The predicted molar refractivity (Wildman–Crippen MR) is 124 cm³/mol. The Morgan fingerprint density at radius 3 is 2.75 bits per heavy atom. The van der Waals surface area contributed by atoms with Gasteiger partial charge in [0.15, 0.2) is 6.29 Å². The van der Waals surface area contributed by atoms with Gasteiger partial charge in [-0.25, -0.2) is 4.79 Å². The van der Waals surface area contributed by atoms with E-state index in [4.69, 9.17) is 23.0 Å². The zero-order valence-corrected chi connectivity index (χ0v) is 19.3. The van der Waals surface area contributed by atoms with Crippen molar-refractivity contribution in [2.45, 2.75) is 65.5 Å². The summed E-state index contributed by atoms with van der Waals surface area (Å²) in [7, 11) is 0. The van der Waals surface area contributed by atoms with Gasteiger partial charge in [-0.2, -0.15) is 0 Å². The summed E-state index contributed by atoms with van der Waals surface area (Å²) in [5, 5.41) is 1.62. The monoisotopic (exact) mass is 438 g/mol. The minimum atomic E-state index is -0.533. The first-order valence-corrected chi connectivity index (χ1v) is 10.9. The highest BCUT2D eigenvalue weighted by molar-refractivity contribution is 5.95. The lowest BCUT2D eigenvalue weighted by molar-refractivity contribution is -0.0472. The van der Waals surface area contributed by atoms with Crippen LogP contribution in [0.4, 0.5) is 0 Å². The average Bonchev–Trinajstić information content (AvgIpc) is 3.26. The standard InChI is InChI=1S/C26H30O6/c1-16(2)7-6-8-17(3)11-25-31-23(26(4,5)32-25)15-29-21-14-24(27)30-22-13-20-18(9-10-28-20)12-19(21)22/h7,9-14,23,25H,6,8,15H2,1-5H3/b17-11-/t23-,25-/m0/s1. The smallest absolute Gasteiger partial charge is 0.339 e. The number of benzene rings is 1. The van der Waals surface area contributed by atoms with Gasteiger partial charge in [-0.1, -0.05) is 17.2 Å². The first kappa shape index (κ1) is 22.4. The van der Waals surface area contributed by atoms with Gasteiger partial charge in [0.1, 0.15) is 29.6 Å². The Balaban J connectivity index is 1.48. The Labute approximate surface area is 187 Å². The molecule has 0 spiro atoms. The Kier molecular flexibility index (Phi) is 6.26. The van der Waals surface area contributed by atoms with Crippen molar-refractivity contribution in [3.63, 3.8) is 0 Å². The molecule has 3 heterocycles. The number of furan rings is 1. The topological polar surface area (TPSA) is 71.0 Å². The van der Waals surface area contributed by atoms with Crippen LogP contribution in [0.2, 0.25) is 0 Å². The predicted octanol–water partition coefficient (Wildman–Crippen LogP) is 6.13. The van der Waals surface area contributed by atoms with Gasteiger partial charge in [-0.05, 0) is 65.7 Å². The van der Waals surface area contributed by atoms with Crippen molar-refractivity contribution in [3.05, 3.63) is 64.2 Å². The third-order valence-corrected chi connectivity index (χ3v) is 5.68. The summed E-state index contributed by atoms with van der Waals surface area (Å²) in [5.74, 6) is 0.454. The van der Waals surface area contributed by atoms with Crippen LogP contribution in [0.1, 0.15) is 47.5 Å². The molecular formula is C26H30O6. The molecule has 0 radical (unpaired) electrons. The maximum Gasteiger partial charge on any atom is 0.339 e.